The van der Waals surface area contributed by atoms with E-state index in [1.165, 1.54) is 11.8 Å². The molecular formula is C22H28N4O2S. The molecule has 2 heterocycles. The number of hydrogen-bond acceptors (Lipinski definition) is 5. The van der Waals surface area contributed by atoms with Crippen LogP contribution in [0.25, 0.3) is 11.4 Å². The molecule has 6 nitrogen and oxygen atoms in total. The van der Waals surface area contributed by atoms with Crippen molar-refractivity contribution in [2.75, 3.05) is 5.75 Å². The molecule has 3 aromatic rings. The van der Waals surface area contributed by atoms with Gasteiger partial charge in [-0.2, -0.15) is 0 Å². The van der Waals surface area contributed by atoms with Gasteiger partial charge in [0, 0.05) is 12.1 Å². The van der Waals surface area contributed by atoms with Crippen LogP contribution in [-0.4, -0.2) is 43.4 Å². The van der Waals surface area contributed by atoms with Gasteiger partial charge in [-0.1, -0.05) is 42.1 Å². The van der Waals surface area contributed by atoms with Gasteiger partial charge in [0.25, 0.3) is 0 Å². The van der Waals surface area contributed by atoms with Gasteiger partial charge in [-0.05, 0) is 46.2 Å². The third-order valence-corrected chi connectivity index (χ3v) is 5.68. The molecule has 3 rings (SSSR count). The Hall–Kier alpha value is -2.54. The van der Waals surface area contributed by atoms with E-state index in [1.807, 2.05) is 63.8 Å². The molecular weight excluding hydrogens is 384 g/mol. The molecule has 29 heavy (non-hydrogen) atoms. The van der Waals surface area contributed by atoms with E-state index in [9.17, 15) is 4.79 Å². The summed E-state index contributed by atoms with van der Waals surface area (Å²) in [6.07, 6.45) is 1.66. The quantitative estimate of drug-likeness (QED) is 0.505. The van der Waals surface area contributed by atoms with Gasteiger partial charge in [0.05, 0.1) is 24.1 Å². The summed E-state index contributed by atoms with van der Waals surface area (Å²) in [4.78, 5) is 14.7. The van der Waals surface area contributed by atoms with E-state index in [0.29, 0.717) is 12.3 Å². The number of furan rings is 1. The van der Waals surface area contributed by atoms with Gasteiger partial charge in [-0.25, -0.2) is 0 Å². The van der Waals surface area contributed by atoms with Crippen LogP contribution in [0.15, 0.2) is 52.2 Å². The average molecular weight is 413 g/mol. The maximum absolute atomic E-state index is 12.8. The topological polar surface area (TPSA) is 64.2 Å². The van der Waals surface area contributed by atoms with Crippen molar-refractivity contribution in [3.8, 4) is 11.4 Å². The molecule has 0 saturated heterocycles. The Kier molecular flexibility index (Phi) is 6.79. The molecule has 154 valence electrons. The fourth-order valence-corrected chi connectivity index (χ4v) is 4.30. The molecule has 0 spiro atoms. The Morgan fingerprint density at radius 1 is 1.10 bits per heavy atom. The van der Waals surface area contributed by atoms with Gasteiger partial charge in [-0.15, -0.1) is 10.2 Å². The molecule has 0 saturated carbocycles. The van der Waals surface area contributed by atoms with Gasteiger partial charge >= 0.3 is 0 Å². The summed E-state index contributed by atoms with van der Waals surface area (Å²) in [7, 11) is 0. The smallest absolute Gasteiger partial charge is 0.233 e. The molecule has 0 aliphatic rings. The fourth-order valence-electron chi connectivity index (χ4n) is 3.49. The largest absolute Gasteiger partial charge is 0.469 e. The highest BCUT2D eigenvalue weighted by atomic mass is 32.2. The summed E-state index contributed by atoms with van der Waals surface area (Å²) in [5.74, 6) is 1.98. The molecule has 0 bridgehead atoms. The maximum Gasteiger partial charge on any atom is 0.233 e. The van der Waals surface area contributed by atoms with Crippen molar-refractivity contribution in [2.24, 2.45) is 0 Å². The Bertz CT molecular complexity index is 939. The zero-order valence-electron chi connectivity index (χ0n) is 17.6. The first-order valence-electron chi connectivity index (χ1n) is 9.84. The number of benzene rings is 1. The predicted molar refractivity (Wildman–Crippen MR) is 116 cm³/mol. The first-order chi connectivity index (χ1) is 13.9. The van der Waals surface area contributed by atoms with E-state index in [1.54, 1.807) is 6.26 Å². The van der Waals surface area contributed by atoms with Crippen LogP contribution in [-0.2, 0) is 11.3 Å². The third kappa shape index (κ3) is 4.90. The molecule has 0 aliphatic heterocycles. The number of hydrogen-bond donors (Lipinski definition) is 0. The molecule has 0 aliphatic carbocycles. The van der Waals surface area contributed by atoms with Gasteiger partial charge in [0.2, 0.25) is 5.91 Å². The zero-order chi connectivity index (χ0) is 21.0. The summed E-state index contributed by atoms with van der Waals surface area (Å²) in [6.45, 7) is 10.7. The SMILES string of the molecule is Cc1occc1-c1nnc(SCC(=O)N(C(C)C)C(C)C)n1Cc1ccccc1. The summed E-state index contributed by atoms with van der Waals surface area (Å²) < 4.78 is 7.52. The van der Waals surface area contributed by atoms with E-state index in [4.69, 9.17) is 4.42 Å². The van der Waals surface area contributed by atoms with Gasteiger partial charge in [0.1, 0.15) is 5.76 Å². The lowest BCUT2D eigenvalue weighted by atomic mass is 10.2. The molecule has 1 amide bonds. The second-order valence-corrected chi connectivity index (χ2v) is 8.49. The molecule has 0 atom stereocenters. The minimum Gasteiger partial charge on any atom is -0.469 e. The molecule has 0 unspecified atom stereocenters. The van der Waals surface area contributed by atoms with Crippen molar-refractivity contribution in [3.05, 3.63) is 54.0 Å². The first-order valence-corrected chi connectivity index (χ1v) is 10.8. The normalized spacial score (nSPS) is 11.4. The van der Waals surface area contributed by atoms with Crippen molar-refractivity contribution in [3.63, 3.8) is 0 Å². The lowest BCUT2D eigenvalue weighted by Gasteiger charge is -2.30. The molecule has 0 radical (unpaired) electrons. The second-order valence-electron chi connectivity index (χ2n) is 7.55. The summed E-state index contributed by atoms with van der Waals surface area (Å²) in [5, 5.41) is 9.54. The number of thioether (sulfide) groups is 1. The zero-order valence-corrected chi connectivity index (χ0v) is 18.4. The first kappa shape index (κ1) is 21.2. The number of aromatic nitrogens is 3. The van der Waals surface area contributed by atoms with Crippen molar-refractivity contribution >= 4 is 17.7 Å². The van der Waals surface area contributed by atoms with Crippen molar-refractivity contribution < 1.29 is 9.21 Å². The summed E-state index contributed by atoms with van der Waals surface area (Å²) >= 11 is 1.43. The average Bonchev–Trinajstić information content (AvgIpc) is 3.26. The highest BCUT2D eigenvalue weighted by Crippen LogP contribution is 2.28. The number of rotatable bonds is 8. The van der Waals surface area contributed by atoms with Crippen LogP contribution in [0.1, 0.15) is 39.0 Å². The van der Waals surface area contributed by atoms with Gasteiger partial charge < -0.3 is 9.32 Å². The molecule has 0 N–H and O–H groups in total. The Labute approximate surface area is 176 Å². The highest BCUT2D eigenvalue weighted by Gasteiger charge is 2.23. The fraction of sp³-hybridized carbons (Fsp3) is 0.409. The number of carbonyl (C=O) groups excluding carboxylic acids is 1. The number of nitrogens with zero attached hydrogens (tertiary/aromatic N) is 4. The van der Waals surface area contributed by atoms with Gasteiger partial charge in [0.15, 0.2) is 11.0 Å². The van der Waals surface area contributed by atoms with Crippen LogP contribution in [0.3, 0.4) is 0 Å². The van der Waals surface area contributed by atoms with Crippen LogP contribution in [0.5, 0.6) is 0 Å². The maximum atomic E-state index is 12.8. The standard InChI is InChI=1S/C22H28N4O2S/c1-15(2)26(16(3)4)20(27)14-29-22-24-23-21(19-11-12-28-17(19)5)25(22)13-18-9-7-6-8-10-18/h6-12,15-16H,13-14H2,1-5H3. The predicted octanol–water partition coefficient (Wildman–Crippen LogP) is 4.63. The van der Waals surface area contributed by atoms with Crippen LogP contribution in [0, 0.1) is 6.92 Å². The lowest BCUT2D eigenvalue weighted by Crippen LogP contribution is -2.43. The van der Waals surface area contributed by atoms with Crippen LogP contribution in [0.2, 0.25) is 0 Å². The third-order valence-electron chi connectivity index (χ3n) is 4.73. The summed E-state index contributed by atoms with van der Waals surface area (Å²) in [5.41, 5.74) is 2.06. The molecule has 1 aromatic carbocycles. The molecule has 2 aromatic heterocycles. The monoisotopic (exact) mass is 412 g/mol. The number of carbonyl (C=O) groups is 1. The van der Waals surface area contributed by atoms with Gasteiger partial charge in [-0.3, -0.25) is 9.36 Å². The van der Waals surface area contributed by atoms with Crippen molar-refractivity contribution in [2.45, 2.75) is 58.4 Å². The van der Waals surface area contributed by atoms with Crippen LogP contribution in [0.4, 0.5) is 0 Å². The highest BCUT2D eigenvalue weighted by molar-refractivity contribution is 7.99. The van der Waals surface area contributed by atoms with E-state index in [-0.39, 0.29) is 18.0 Å². The van der Waals surface area contributed by atoms with E-state index in [2.05, 4.69) is 26.9 Å². The summed E-state index contributed by atoms with van der Waals surface area (Å²) in [6, 6.07) is 12.4. The minimum absolute atomic E-state index is 0.107. The molecule has 0 fully saturated rings. The van der Waals surface area contributed by atoms with Crippen molar-refractivity contribution in [1.82, 2.24) is 19.7 Å². The van der Waals surface area contributed by atoms with Crippen LogP contribution >= 0.6 is 11.8 Å². The Morgan fingerprint density at radius 3 is 2.38 bits per heavy atom. The molecule has 7 heteroatoms. The van der Waals surface area contributed by atoms with Crippen molar-refractivity contribution in [1.29, 1.82) is 0 Å². The Balaban J connectivity index is 1.87. The van der Waals surface area contributed by atoms with E-state index >= 15 is 0 Å². The minimum atomic E-state index is 0.107. The van der Waals surface area contributed by atoms with Crippen LogP contribution < -0.4 is 0 Å². The Morgan fingerprint density at radius 2 is 1.79 bits per heavy atom. The number of amides is 1. The lowest BCUT2D eigenvalue weighted by molar-refractivity contribution is -0.131. The second kappa shape index (κ2) is 9.31. The number of aryl methyl sites for hydroxylation is 1. The van der Waals surface area contributed by atoms with E-state index in [0.717, 1.165) is 27.9 Å². The van der Waals surface area contributed by atoms with E-state index < -0.39 is 0 Å².